The molecule has 0 aliphatic heterocycles. The van der Waals surface area contributed by atoms with Crippen molar-refractivity contribution in [3.63, 3.8) is 0 Å². The fourth-order valence-corrected chi connectivity index (χ4v) is 1.80. The first kappa shape index (κ1) is 18.1. The zero-order valence-corrected chi connectivity index (χ0v) is 13.2. The molecule has 22 heavy (non-hydrogen) atoms. The Morgan fingerprint density at radius 1 is 1.18 bits per heavy atom. The number of primary amides is 1. The van der Waals surface area contributed by atoms with E-state index in [1.807, 2.05) is 37.3 Å². The van der Waals surface area contributed by atoms with E-state index >= 15 is 0 Å². The molecule has 0 radical (unpaired) electrons. The number of nitrogens with one attached hydrogen (secondary N) is 2. The van der Waals surface area contributed by atoms with Gasteiger partial charge in [0.25, 0.3) is 0 Å². The Balaban J connectivity index is 2.12. The topological polar surface area (TPSA) is 93.4 Å². The number of hydrogen-bond donors (Lipinski definition) is 3. The number of hydrogen-bond acceptors (Lipinski definition) is 4. The van der Waals surface area contributed by atoms with Crippen molar-refractivity contribution in [2.24, 2.45) is 5.73 Å². The largest absolute Gasteiger partial charge is 0.373 e. The Morgan fingerprint density at radius 3 is 2.50 bits per heavy atom. The van der Waals surface area contributed by atoms with E-state index in [-0.39, 0.29) is 12.0 Å². The smallest absolute Gasteiger partial charge is 0.234 e. The summed E-state index contributed by atoms with van der Waals surface area (Å²) in [4.78, 5) is 22.6. The second kappa shape index (κ2) is 9.92. The molecule has 0 spiro atoms. The van der Waals surface area contributed by atoms with Crippen LogP contribution in [0.25, 0.3) is 0 Å². The van der Waals surface area contributed by atoms with Crippen molar-refractivity contribution in [2.75, 3.05) is 13.1 Å². The number of rotatable bonds is 10. The molecule has 1 unspecified atom stereocenters. The van der Waals surface area contributed by atoms with Crippen molar-refractivity contribution in [1.29, 1.82) is 0 Å². The highest BCUT2D eigenvalue weighted by atomic mass is 16.5. The van der Waals surface area contributed by atoms with E-state index < -0.39 is 11.9 Å². The number of carbonyl (C=O) groups is 2. The van der Waals surface area contributed by atoms with Crippen LogP contribution in [-0.4, -0.2) is 37.0 Å². The molecule has 0 heterocycles. The van der Waals surface area contributed by atoms with Crippen LogP contribution >= 0.6 is 0 Å². The predicted octanol–water partition coefficient (Wildman–Crippen LogP) is 0.561. The summed E-state index contributed by atoms with van der Waals surface area (Å²) in [5.41, 5.74) is 6.20. The SMILES string of the molecule is CC(NCCNC(=O)C[C@H](C)OCc1ccccc1)C(N)=O. The number of ether oxygens (including phenoxy) is 1. The van der Waals surface area contributed by atoms with Crippen molar-refractivity contribution in [2.45, 2.75) is 39.0 Å². The molecule has 2 amide bonds. The van der Waals surface area contributed by atoms with Gasteiger partial charge >= 0.3 is 0 Å². The fourth-order valence-electron chi connectivity index (χ4n) is 1.80. The average molecular weight is 307 g/mol. The van der Waals surface area contributed by atoms with Gasteiger partial charge in [0, 0.05) is 13.1 Å². The average Bonchev–Trinajstić information content (AvgIpc) is 2.50. The summed E-state index contributed by atoms with van der Waals surface area (Å²) in [5.74, 6) is -0.483. The maximum absolute atomic E-state index is 11.7. The van der Waals surface area contributed by atoms with E-state index in [9.17, 15) is 9.59 Å². The van der Waals surface area contributed by atoms with Gasteiger partial charge in [-0.15, -0.1) is 0 Å². The van der Waals surface area contributed by atoms with Gasteiger partial charge in [0.15, 0.2) is 0 Å². The minimum absolute atomic E-state index is 0.0749. The lowest BCUT2D eigenvalue weighted by Gasteiger charge is -2.14. The molecule has 1 aromatic rings. The molecule has 0 aliphatic rings. The second-order valence-electron chi connectivity index (χ2n) is 5.24. The molecule has 0 saturated carbocycles. The van der Waals surface area contributed by atoms with Gasteiger partial charge in [-0.3, -0.25) is 9.59 Å². The zero-order valence-electron chi connectivity index (χ0n) is 13.2. The molecule has 0 bridgehead atoms. The van der Waals surface area contributed by atoms with E-state index in [0.717, 1.165) is 5.56 Å². The summed E-state index contributed by atoms with van der Waals surface area (Å²) >= 11 is 0. The minimum atomic E-state index is -0.408. The molecule has 6 heteroatoms. The van der Waals surface area contributed by atoms with E-state index in [4.69, 9.17) is 10.5 Å². The first-order valence-electron chi connectivity index (χ1n) is 7.44. The third kappa shape index (κ3) is 7.75. The van der Waals surface area contributed by atoms with E-state index in [1.165, 1.54) is 0 Å². The summed E-state index contributed by atoms with van der Waals surface area (Å²) < 4.78 is 5.64. The number of nitrogens with two attached hydrogens (primary N) is 1. The van der Waals surface area contributed by atoms with Crippen LogP contribution in [0.3, 0.4) is 0 Å². The van der Waals surface area contributed by atoms with Gasteiger partial charge in [0.1, 0.15) is 0 Å². The summed E-state index contributed by atoms with van der Waals surface area (Å²) in [7, 11) is 0. The Kier molecular flexibility index (Phi) is 8.17. The number of benzene rings is 1. The Bertz CT molecular complexity index is 465. The van der Waals surface area contributed by atoms with Crippen LogP contribution in [0, 0.1) is 0 Å². The first-order valence-corrected chi connectivity index (χ1v) is 7.44. The molecular formula is C16H25N3O3. The molecule has 0 fully saturated rings. The van der Waals surface area contributed by atoms with Gasteiger partial charge in [-0.1, -0.05) is 30.3 Å². The molecular weight excluding hydrogens is 282 g/mol. The number of amides is 2. The van der Waals surface area contributed by atoms with Gasteiger partial charge in [-0.2, -0.15) is 0 Å². The van der Waals surface area contributed by atoms with Crippen LogP contribution in [0.15, 0.2) is 30.3 Å². The lowest BCUT2D eigenvalue weighted by atomic mass is 10.2. The Labute approximate surface area is 131 Å². The highest BCUT2D eigenvalue weighted by Crippen LogP contribution is 2.05. The van der Waals surface area contributed by atoms with Crippen molar-refractivity contribution >= 4 is 11.8 Å². The van der Waals surface area contributed by atoms with Crippen LogP contribution in [0.4, 0.5) is 0 Å². The molecule has 0 aromatic heterocycles. The molecule has 1 rings (SSSR count). The highest BCUT2D eigenvalue weighted by molar-refractivity contribution is 5.79. The van der Waals surface area contributed by atoms with Gasteiger partial charge in [-0.05, 0) is 19.4 Å². The predicted molar refractivity (Wildman–Crippen MR) is 85.0 cm³/mol. The summed E-state index contributed by atoms with van der Waals surface area (Å²) in [6.45, 7) is 4.99. The lowest BCUT2D eigenvalue weighted by Crippen LogP contribution is -2.42. The summed E-state index contributed by atoms with van der Waals surface area (Å²) in [6, 6.07) is 9.43. The van der Waals surface area contributed by atoms with Gasteiger partial charge in [0.2, 0.25) is 11.8 Å². The van der Waals surface area contributed by atoms with Crippen LogP contribution < -0.4 is 16.4 Å². The second-order valence-corrected chi connectivity index (χ2v) is 5.24. The van der Waals surface area contributed by atoms with Gasteiger partial charge < -0.3 is 21.1 Å². The van der Waals surface area contributed by atoms with E-state index in [2.05, 4.69) is 10.6 Å². The maximum atomic E-state index is 11.7. The van der Waals surface area contributed by atoms with Crippen LogP contribution in [0.5, 0.6) is 0 Å². The van der Waals surface area contributed by atoms with Crippen molar-refractivity contribution in [1.82, 2.24) is 10.6 Å². The lowest BCUT2D eigenvalue weighted by molar-refractivity contribution is -0.123. The monoisotopic (exact) mass is 307 g/mol. The molecule has 1 aromatic carbocycles. The molecule has 2 atom stereocenters. The van der Waals surface area contributed by atoms with Crippen LogP contribution in [0.1, 0.15) is 25.8 Å². The van der Waals surface area contributed by atoms with Crippen LogP contribution in [-0.2, 0) is 20.9 Å². The standard InChI is InChI=1S/C16H25N3O3/c1-12(22-11-14-6-4-3-5-7-14)10-15(20)19-9-8-18-13(2)16(17)21/h3-7,12-13,18H,8-11H2,1-2H3,(H2,17,21)(H,19,20)/t12-,13?/m0/s1. The Morgan fingerprint density at radius 2 is 1.86 bits per heavy atom. The third-order valence-electron chi connectivity index (χ3n) is 3.17. The van der Waals surface area contributed by atoms with Crippen molar-refractivity contribution in [3.8, 4) is 0 Å². The maximum Gasteiger partial charge on any atom is 0.234 e. The third-order valence-corrected chi connectivity index (χ3v) is 3.17. The number of carbonyl (C=O) groups excluding carboxylic acids is 2. The minimum Gasteiger partial charge on any atom is -0.373 e. The zero-order chi connectivity index (χ0) is 16.4. The molecule has 0 saturated heterocycles. The summed E-state index contributed by atoms with van der Waals surface area (Å²) in [6.07, 6.45) is 0.149. The first-order chi connectivity index (χ1) is 10.5. The quantitative estimate of drug-likeness (QED) is 0.551. The normalized spacial score (nSPS) is 13.4. The van der Waals surface area contributed by atoms with Crippen LogP contribution in [0.2, 0.25) is 0 Å². The molecule has 122 valence electrons. The van der Waals surface area contributed by atoms with E-state index in [0.29, 0.717) is 26.1 Å². The van der Waals surface area contributed by atoms with Gasteiger partial charge in [0.05, 0.1) is 25.2 Å². The van der Waals surface area contributed by atoms with Gasteiger partial charge in [-0.25, -0.2) is 0 Å². The Hall–Kier alpha value is -1.92. The van der Waals surface area contributed by atoms with E-state index in [1.54, 1.807) is 6.92 Å². The molecule has 4 N–H and O–H groups in total. The fraction of sp³-hybridized carbons (Fsp3) is 0.500. The van der Waals surface area contributed by atoms with Crippen molar-refractivity contribution in [3.05, 3.63) is 35.9 Å². The summed E-state index contributed by atoms with van der Waals surface area (Å²) in [5, 5.41) is 5.69. The molecule has 0 aliphatic carbocycles. The molecule has 6 nitrogen and oxygen atoms in total. The highest BCUT2D eigenvalue weighted by Gasteiger charge is 2.10. The van der Waals surface area contributed by atoms with Crippen molar-refractivity contribution < 1.29 is 14.3 Å².